The number of anilines is 2. The summed E-state index contributed by atoms with van der Waals surface area (Å²) >= 11 is 5.11. The van der Waals surface area contributed by atoms with E-state index in [9.17, 15) is 17.6 Å². The van der Waals surface area contributed by atoms with Crippen molar-refractivity contribution in [1.29, 1.82) is 0 Å². The molecule has 1 atom stereocenters. The number of hydrogen-bond acceptors (Lipinski definition) is 6. The average molecular weight is 460 g/mol. The zero-order valence-electron chi connectivity index (χ0n) is 16.9. The lowest BCUT2D eigenvalue weighted by molar-refractivity contribution is 0.143. The molecule has 0 bridgehead atoms. The van der Waals surface area contributed by atoms with Crippen molar-refractivity contribution in [3.8, 4) is 0 Å². The molecular formula is C18H26FN5O4S2. The lowest BCUT2D eigenvalue weighted by Crippen LogP contribution is -2.51. The zero-order chi connectivity index (χ0) is 21.9. The Hall–Kier alpha value is -2.02. The molecule has 0 aromatic heterocycles. The molecule has 1 amide bonds. The van der Waals surface area contributed by atoms with Crippen molar-refractivity contribution in [2.45, 2.75) is 19.4 Å². The van der Waals surface area contributed by atoms with E-state index in [-0.39, 0.29) is 19.2 Å². The first-order valence-electron chi connectivity index (χ1n) is 9.73. The van der Waals surface area contributed by atoms with Gasteiger partial charge in [-0.2, -0.15) is 12.7 Å². The third-order valence-electron chi connectivity index (χ3n) is 5.14. The molecule has 3 rings (SSSR count). The number of carbonyl (C=O) groups is 1. The van der Waals surface area contributed by atoms with Gasteiger partial charge < -0.3 is 15.0 Å². The fourth-order valence-electron chi connectivity index (χ4n) is 3.41. The van der Waals surface area contributed by atoms with Crippen LogP contribution >= 0.6 is 12.2 Å². The maximum atomic E-state index is 14.8. The SMILES string of the molecule is CCC(=S)NCC1CN(c2ccc(N3CCN(S(=O)(=O)NC)CC3)c(F)c2)C(=O)O1. The molecule has 2 aliphatic heterocycles. The second-order valence-electron chi connectivity index (χ2n) is 7.00. The molecule has 9 nitrogen and oxygen atoms in total. The van der Waals surface area contributed by atoms with E-state index < -0.39 is 22.1 Å². The monoisotopic (exact) mass is 459 g/mol. The first kappa shape index (κ1) is 22.7. The van der Waals surface area contributed by atoms with E-state index in [0.29, 0.717) is 49.0 Å². The summed E-state index contributed by atoms with van der Waals surface area (Å²) in [7, 11) is -2.12. The van der Waals surface area contributed by atoms with Crippen molar-refractivity contribution in [2.75, 3.05) is 56.1 Å². The molecular weight excluding hydrogens is 433 g/mol. The minimum atomic E-state index is -3.49. The largest absolute Gasteiger partial charge is 0.442 e. The number of benzene rings is 1. The van der Waals surface area contributed by atoms with Crippen LogP contribution in [0.25, 0.3) is 0 Å². The topological polar surface area (TPSA) is 94.2 Å². The maximum Gasteiger partial charge on any atom is 0.414 e. The molecule has 0 saturated carbocycles. The summed E-state index contributed by atoms with van der Waals surface area (Å²) in [6, 6.07) is 4.58. The fraction of sp³-hybridized carbons (Fsp3) is 0.556. The minimum Gasteiger partial charge on any atom is -0.442 e. The summed E-state index contributed by atoms with van der Waals surface area (Å²) in [6.45, 7) is 3.91. The number of amides is 1. The Morgan fingerprint density at radius 1 is 1.30 bits per heavy atom. The molecule has 0 spiro atoms. The summed E-state index contributed by atoms with van der Waals surface area (Å²) in [6.07, 6.45) is -0.184. The van der Waals surface area contributed by atoms with Crippen LogP contribution < -0.4 is 19.8 Å². The van der Waals surface area contributed by atoms with Gasteiger partial charge in [-0.05, 0) is 24.6 Å². The molecule has 2 N–H and O–H groups in total. The van der Waals surface area contributed by atoms with Crippen LogP contribution in [0.2, 0.25) is 0 Å². The predicted molar refractivity (Wildman–Crippen MR) is 117 cm³/mol. The summed E-state index contributed by atoms with van der Waals surface area (Å²) in [4.78, 5) is 16.1. The first-order valence-corrected chi connectivity index (χ1v) is 11.6. The highest BCUT2D eigenvalue weighted by molar-refractivity contribution is 7.87. The van der Waals surface area contributed by atoms with Crippen molar-refractivity contribution < 1.29 is 22.3 Å². The van der Waals surface area contributed by atoms with Gasteiger partial charge in [0.2, 0.25) is 0 Å². The van der Waals surface area contributed by atoms with Crippen molar-refractivity contribution in [1.82, 2.24) is 14.3 Å². The number of hydrogen-bond donors (Lipinski definition) is 2. The number of piperazine rings is 1. The van der Waals surface area contributed by atoms with Crippen LogP contribution in [0.3, 0.4) is 0 Å². The first-order chi connectivity index (χ1) is 14.2. The Bertz CT molecular complexity index is 906. The van der Waals surface area contributed by atoms with E-state index >= 15 is 0 Å². The summed E-state index contributed by atoms with van der Waals surface area (Å²) in [5.74, 6) is -0.473. The second-order valence-corrected chi connectivity index (χ2v) is 9.37. The lowest BCUT2D eigenvalue weighted by Gasteiger charge is -2.35. The van der Waals surface area contributed by atoms with Gasteiger partial charge in [0.1, 0.15) is 11.9 Å². The molecule has 2 aliphatic rings. The van der Waals surface area contributed by atoms with E-state index in [1.165, 1.54) is 22.3 Å². The van der Waals surface area contributed by atoms with Gasteiger partial charge in [0.05, 0.1) is 29.5 Å². The molecule has 30 heavy (non-hydrogen) atoms. The number of halogens is 1. The number of cyclic esters (lactones) is 1. The van der Waals surface area contributed by atoms with Crippen LogP contribution in [0.1, 0.15) is 13.3 Å². The Labute approximate surface area is 181 Å². The number of nitrogens with one attached hydrogen (secondary N) is 2. The second kappa shape index (κ2) is 9.41. The number of carbonyl (C=O) groups excluding carboxylic acids is 1. The summed E-state index contributed by atoms with van der Waals surface area (Å²) < 4.78 is 47.5. The number of ether oxygens (including phenoxy) is 1. The van der Waals surface area contributed by atoms with E-state index in [1.54, 1.807) is 17.0 Å². The standard InChI is InChI=1S/C18H26FN5O4S2/c1-3-17(29)21-11-14-12-24(18(25)28-14)13-4-5-16(15(19)10-13)22-6-8-23(9-7-22)30(26,27)20-2/h4-5,10,14,20H,3,6-9,11-12H2,1-2H3,(H,21,29). The maximum absolute atomic E-state index is 14.8. The van der Waals surface area contributed by atoms with E-state index in [1.807, 2.05) is 6.92 Å². The number of thiocarbonyl (C=S) groups is 1. The highest BCUT2D eigenvalue weighted by Gasteiger charge is 2.33. The number of nitrogens with zero attached hydrogens (tertiary/aromatic N) is 3. The minimum absolute atomic E-state index is 0.261. The van der Waals surface area contributed by atoms with Gasteiger partial charge >= 0.3 is 6.09 Å². The van der Waals surface area contributed by atoms with Gasteiger partial charge in [-0.25, -0.2) is 13.9 Å². The third-order valence-corrected chi connectivity index (χ3v) is 7.14. The van der Waals surface area contributed by atoms with E-state index in [4.69, 9.17) is 17.0 Å². The van der Waals surface area contributed by atoms with Gasteiger partial charge in [-0.1, -0.05) is 19.1 Å². The third kappa shape index (κ3) is 4.99. The van der Waals surface area contributed by atoms with Crippen LogP contribution in [-0.2, 0) is 14.9 Å². The molecule has 0 radical (unpaired) electrons. The molecule has 1 aromatic rings. The average Bonchev–Trinajstić information content (AvgIpc) is 3.12. The van der Waals surface area contributed by atoms with Crippen molar-refractivity contribution in [3.63, 3.8) is 0 Å². The molecule has 2 saturated heterocycles. The van der Waals surface area contributed by atoms with Gasteiger partial charge in [-0.15, -0.1) is 0 Å². The van der Waals surface area contributed by atoms with Crippen molar-refractivity contribution in [3.05, 3.63) is 24.0 Å². The van der Waals surface area contributed by atoms with E-state index in [2.05, 4.69) is 10.0 Å². The number of rotatable bonds is 7. The van der Waals surface area contributed by atoms with Crippen LogP contribution in [-0.4, -0.2) is 76.2 Å². The van der Waals surface area contributed by atoms with Crippen LogP contribution in [0.5, 0.6) is 0 Å². The zero-order valence-corrected chi connectivity index (χ0v) is 18.6. The Balaban J connectivity index is 1.63. The molecule has 166 valence electrons. The molecule has 1 unspecified atom stereocenters. The van der Waals surface area contributed by atoms with Crippen molar-refractivity contribution >= 4 is 44.9 Å². The predicted octanol–water partition coefficient (Wildman–Crippen LogP) is 1.06. The smallest absolute Gasteiger partial charge is 0.414 e. The fourth-order valence-corrected chi connectivity index (χ4v) is 4.40. The molecule has 0 aliphatic carbocycles. The van der Waals surface area contributed by atoms with Gasteiger partial charge in [0.15, 0.2) is 0 Å². The molecule has 2 fully saturated rings. The van der Waals surface area contributed by atoms with Crippen LogP contribution in [0, 0.1) is 5.82 Å². The van der Waals surface area contributed by atoms with E-state index in [0.717, 1.165) is 0 Å². The van der Waals surface area contributed by atoms with Gasteiger partial charge in [0.25, 0.3) is 10.2 Å². The highest BCUT2D eigenvalue weighted by atomic mass is 32.2. The lowest BCUT2D eigenvalue weighted by atomic mass is 10.2. The van der Waals surface area contributed by atoms with Crippen molar-refractivity contribution in [2.24, 2.45) is 0 Å². The molecule has 1 aromatic carbocycles. The molecule has 12 heteroatoms. The summed E-state index contributed by atoms with van der Waals surface area (Å²) in [5.41, 5.74) is 0.789. The Kier molecular flexibility index (Phi) is 7.11. The van der Waals surface area contributed by atoms with Crippen LogP contribution in [0.15, 0.2) is 18.2 Å². The highest BCUT2D eigenvalue weighted by Crippen LogP contribution is 2.28. The normalized spacial score (nSPS) is 20.4. The van der Waals surface area contributed by atoms with Crippen LogP contribution in [0.4, 0.5) is 20.6 Å². The molecule has 2 heterocycles. The Morgan fingerprint density at radius 3 is 2.60 bits per heavy atom. The summed E-state index contributed by atoms with van der Waals surface area (Å²) in [5, 5.41) is 3.04. The Morgan fingerprint density at radius 2 is 2.00 bits per heavy atom. The quantitative estimate of drug-likeness (QED) is 0.589. The van der Waals surface area contributed by atoms with Gasteiger partial charge in [0, 0.05) is 33.2 Å². The van der Waals surface area contributed by atoms with Gasteiger partial charge in [-0.3, -0.25) is 4.90 Å².